The second kappa shape index (κ2) is 5.16. The Hall–Kier alpha value is -1.85. The molecule has 3 aromatic rings. The first kappa shape index (κ1) is 14.1. The Morgan fingerprint density at radius 1 is 0.952 bits per heavy atom. The first-order chi connectivity index (χ1) is 9.99. The van der Waals surface area contributed by atoms with E-state index in [0.717, 1.165) is 0 Å². The van der Waals surface area contributed by atoms with Crippen molar-refractivity contribution in [1.29, 1.82) is 0 Å². The predicted molar refractivity (Wildman–Crippen MR) is 74.9 cm³/mol. The maximum atomic E-state index is 13.9. The van der Waals surface area contributed by atoms with Crippen molar-refractivity contribution < 1.29 is 13.2 Å². The molecular weight excluding hydrogens is 324 g/mol. The van der Waals surface area contributed by atoms with E-state index in [4.69, 9.17) is 23.2 Å². The number of nitrogens with zero attached hydrogens (tertiary/aromatic N) is 2. The van der Waals surface area contributed by atoms with E-state index in [1.807, 2.05) is 0 Å². The molecule has 7 heteroatoms. The van der Waals surface area contributed by atoms with E-state index < -0.39 is 23.0 Å². The molecule has 2 heterocycles. The molecule has 0 radical (unpaired) electrons. The quantitative estimate of drug-likeness (QED) is 0.586. The summed E-state index contributed by atoms with van der Waals surface area (Å²) in [6, 6.07) is 4.34. The number of hydrogen-bond donors (Lipinski definition) is 0. The van der Waals surface area contributed by atoms with Gasteiger partial charge in [-0.3, -0.25) is 4.98 Å². The highest BCUT2D eigenvalue weighted by Gasteiger charge is 2.22. The summed E-state index contributed by atoms with van der Waals surface area (Å²) in [4.78, 5) is 8.02. The first-order valence-electron chi connectivity index (χ1n) is 5.73. The molecule has 2 aromatic heterocycles. The summed E-state index contributed by atoms with van der Waals surface area (Å²) in [6.45, 7) is 0. The second-order valence-electron chi connectivity index (χ2n) is 4.21. The molecule has 0 spiro atoms. The van der Waals surface area contributed by atoms with Crippen molar-refractivity contribution in [2.75, 3.05) is 0 Å². The van der Waals surface area contributed by atoms with Crippen LogP contribution in [0.15, 0.2) is 30.5 Å². The first-order valence-corrected chi connectivity index (χ1v) is 6.49. The lowest BCUT2D eigenvalue weighted by Crippen LogP contribution is -1.97. The number of benzene rings is 1. The van der Waals surface area contributed by atoms with E-state index in [1.165, 1.54) is 6.20 Å². The Labute approximate surface area is 127 Å². The van der Waals surface area contributed by atoms with Crippen LogP contribution in [0.3, 0.4) is 0 Å². The molecule has 0 fully saturated rings. The molecule has 0 amide bonds. The zero-order chi connectivity index (χ0) is 15.1. The minimum absolute atomic E-state index is 0.0463. The Morgan fingerprint density at radius 3 is 2.29 bits per heavy atom. The van der Waals surface area contributed by atoms with Crippen LogP contribution in [0, 0.1) is 17.5 Å². The van der Waals surface area contributed by atoms with Crippen LogP contribution in [0.2, 0.25) is 10.2 Å². The van der Waals surface area contributed by atoms with Crippen LogP contribution in [0.5, 0.6) is 0 Å². The number of aromatic nitrogens is 2. The summed E-state index contributed by atoms with van der Waals surface area (Å²) >= 11 is 12.1. The molecular formula is C14H5Cl2F3N2. The molecule has 2 nitrogen and oxygen atoms in total. The highest BCUT2D eigenvalue weighted by atomic mass is 35.5. The fourth-order valence-electron chi connectivity index (χ4n) is 2.02. The number of rotatable bonds is 1. The molecule has 0 aliphatic carbocycles. The zero-order valence-electron chi connectivity index (χ0n) is 10.2. The molecule has 0 bridgehead atoms. The zero-order valence-corrected chi connectivity index (χ0v) is 11.7. The van der Waals surface area contributed by atoms with Gasteiger partial charge in [0.25, 0.3) is 0 Å². The summed E-state index contributed by atoms with van der Waals surface area (Å²) in [7, 11) is 0. The molecule has 0 N–H and O–H groups in total. The van der Waals surface area contributed by atoms with Crippen LogP contribution < -0.4 is 0 Å². The Balaban J connectivity index is 2.41. The van der Waals surface area contributed by atoms with Gasteiger partial charge in [0.05, 0.1) is 16.1 Å². The van der Waals surface area contributed by atoms with Crippen molar-refractivity contribution in [3.05, 3.63) is 58.1 Å². The van der Waals surface area contributed by atoms with Crippen LogP contribution in [-0.4, -0.2) is 9.97 Å². The van der Waals surface area contributed by atoms with Crippen LogP contribution in [0.4, 0.5) is 13.2 Å². The summed E-state index contributed by atoms with van der Waals surface area (Å²) < 4.78 is 40.8. The molecule has 0 saturated carbocycles. The predicted octanol–water partition coefficient (Wildman–Crippen LogP) is 5.02. The molecule has 106 valence electrons. The Morgan fingerprint density at radius 2 is 1.62 bits per heavy atom. The minimum Gasteiger partial charge on any atom is -0.253 e. The van der Waals surface area contributed by atoms with Crippen molar-refractivity contribution in [1.82, 2.24) is 9.97 Å². The lowest BCUT2D eigenvalue weighted by atomic mass is 10.1. The standard InChI is InChI=1S/C14H5Cl2F3N2/c15-12-11(10-7(18)4-6(17)5-8(10)19)14(16)21-9-2-1-3-20-13(9)12/h1-5H. The molecule has 0 saturated heterocycles. The smallest absolute Gasteiger partial charge is 0.139 e. The van der Waals surface area contributed by atoms with Crippen LogP contribution in [0.1, 0.15) is 0 Å². The fourth-order valence-corrected chi connectivity index (χ4v) is 2.68. The summed E-state index contributed by atoms with van der Waals surface area (Å²) in [6.07, 6.45) is 1.46. The normalized spacial score (nSPS) is 11.1. The number of halogens is 5. The highest BCUT2D eigenvalue weighted by Crippen LogP contribution is 2.39. The maximum Gasteiger partial charge on any atom is 0.139 e. The summed E-state index contributed by atoms with van der Waals surface area (Å²) in [5, 5.41) is -0.236. The van der Waals surface area contributed by atoms with Gasteiger partial charge in [-0.15, -0.1) is 0 Å². The van der Waals surface area contributed by atoms with E-state index in [0.29, 0.717) is 17.6 Å². The number of fused-ring (bicyclic) bond motifs is 1. The van der Waals surface area contributed by atoms with Crippen molar-refractivity contribution in [2.45, 2.75) is 0 Å². The average Bonchev–Trinajstić information content (AvgIpc) is 2.41. The van der Waals surface area contributed by atoms with Gasteiger partial charge in [-0.05, 0) is 12.1 Å². The van der Waals surface area contributed by atoms with Crippen LogP contribution in [-0.2, 0) is 0 Å². The molecule has 3 rings (SSSR count). The van der Waals surface area contributed by atoms with E-state index in [-0.39, 0.29) is 21.3 Å². The summed E-state index contributed by atoms with van der Waals surface area (Å²) in [5.74, 6) is -3.27. The molecule has 1 aromatic carbocycles. The van der Waals surface area contributed by atoms with Gasteiger partial charge in [0.2, 0.25) is 0 Å². The summed E-state index contributed by atoms with van der Waals surface area (Å²) in [5.41, 5.74) is -0.0492. The molecule has 0 aliphatic rings. The second-order valence-corrected chi connectivity index (χ2v) is 4.94. The third kappa shape index (κ3) is 2.32. The average molecular weight is 329 g/mol. The fraction of sp³-hybridized carbons (Fsp3) is 0. The van der Waals surface area contributed by atoms with E-state index in [2.05, 4.69) is 9.97 Å². The van der Waals surface area contributed by atoms with Gasteiger partial charge in [0, 0.05) is 23.9 Å². The third-order valence-electron chi connectivity index (χ3n) is 2.90. The number of hydrogen-bond acceptors (Lipinski definition) is 2. The third-order valence-corrected chi connectivity index (χ3v) is 3.54. The van der Waals surface area contributed by atoms with Gasteiger partial charge in [-0.25, -0.2) is 18.2 Å². The minimum atomic E-state index is -1.12. The van der Waals surface area contributed by atoms with Crippen LogP contribution >= 0.6 is 23.2 Å². The SMILES string of the molecule is Fc1cc(F)c(-c2c(Cl)nc3cccnc3c2Cl)c(F)c1. The Bertz CT molecular complexity index is 845. The largest absolute Gasteiger partial charge is 0.253 e. The lowest BCUT2D eigenvalue weighted by molar-refractivity contribution is 0.548. The van der Waals surface area contributed by atoms with Crippen LogP contribution in [0.25, 0.3) is 22.2 Å². The van der Waals surface area contributed by atoms with Crippen molar-refractivity contribution in [3.63, 3.8) is 0 Å². The maximum absolute atomic E-state index is 13.9. The van der Waals surface area contributed by atoms with Gasteiger partial charge in [0.1, 0.15) is 28.1 Å². The van der Waals surface area contributed by atoms with E-state index >= 15 is 0 Å². The van der Waals surface area contributed by atoms with Gasteiger partial charge < -0.3 is 0 Å². The van der Waals surface area contributed by atoms with Crippen molar-refractivity contribution >= 4 is 34.2 Å². The van der Waals surface area contributed by atoms with Crippen molar-refractivity contribution in [3.8, 4) is 11.1 Å². The molecule has 0 unspecified atom stereocenters. The number of pyridine rings is 2. The monoisotopic (exact) mass is 328 g/mol. The van der Waals surface area contributed by atoms with Crippen molar-refractivity contribution in [2.24, 2.45) is 0 Å². The van der Waals surface area contributed by atoms with E-state index in [9.17, 15) is 13.2 Å². The molecule has 21 heavy (non-hydrogen) atoms. The van der Waals surface area contributed by atoms with E-state index in [1.54, 1.807) is 12.1 Å². The highest BCUT2D eigenvalue weighted by molar-refractivity contribution is 6.41. The lowest BCUT2D eigenvalue weighted by Gasteiger charge is -2.11. The van der Waals surface area contributed by atoms with Gasteiger partial charge in [-0.1, -0.05) is 23.2 Å². The Kier molecular flexibility index (Phi) is 3.47. The van der Waals surface area contributed by atoms with Gasteiger partial charge >= 0.3 is 0 Å². The molecule has 0 aliphatic heterocycles. The van der Waals surface area contributed by atoms with Gasteiger partial charge in [-0.2, -0.15) is 0 Å². The van der Waals surface area contributed by atoms with Gasteiger partial charge in [0.15, 0.2) is 0 Å². The molecule has 0 atom stereocenters. The topological polar surface area (TPSA) is 25.8 Å².